The quantitative estimate of drug-likeness (QED) is 0.863. The van der Waals surface area contributed by atoms with Crippen LogP contribution in [0.15, 0.2) is 30.5 Å². The first kappa shape index (κ1) is 18.9. The highest BCUT2D eigenvalue weighted by Gasteiger charge is 2.24. The van der Waals surface area contributed by atoms with Gasteiger partial charge in [0.25, 0.3) is 0 Å². The Balaban J connectivity index is 1.37. The number of hydrogen-bond acceptors (Lipinski definition) is 5. The molecule has 1 amide bonds. The Hall–Kier alpha value is -2.47. The Bertz CT molecular complexity index is 833. The Morgan fingerprint density at radius 3 is 3.07 bits per heavy atom. The largest absolute Gasteiger partial charge is 0.496 e. The van der Waals surface area contributed by atoms with Crippen LogP contribution in [0.1, 0.15) is 47.8 Å². The van der Waals surface area contributed by atoms with Crippen LogP contribution in [-0.2, 0) is 24.2 Å². The van der Waals surface area contributed by atoms with Gasteiger partial charge in [0.15, 0.2) is 0 Å². The second-order valence-corrected chi connectivity index (χ2v) is 7.62. The fourth-order valence-electron chi connectivity index (χ4n) is 4.12. The first-order valence-corrected chi connectivity index (χ1v) is 10.2. The molecular weight excluding hydrogens is 352 g/mol. The van der Waals surface area contributed by atoms with Crippen molar-refractivity contribution in [2.45, 2.75) is 44.6 Å². The van der Waals surface area contributed by atoms with Crippen molar-refractivity contribution in [3.63, 3.8) is 0 Å². The molecule has 1 unspecified atom stereocenters. The van der Waals surface area contributed by atoms with Gasteiger partial charge in [-0.3, -0.25) is 4.79 Å². The number of amides is 1. The molecule has 2 aliphatic heterocycles. The number of carbonyl (C=O) groups excluding carboxylic acids is 1. The Morgan fingerprint density at radius 2 is 2.25 bits per heavy atom. The lowest BCUT2D eigenvalue weighted by Gasteiger charge is -2.29. The molecule has 6 heteroatoms. The predicted molar refractivity (Wildman–Crippen MR) is 107 cm³/mol. The molecule has 0 spiro atoms. The molecule has 2 aromatic rings. The fourth-order valence-corrected chi connectivity index (χ4v) is 4.12. The molecule has 1 aromatic carbocycles. The van der Waals surface area contributed by atoms with Gasteiger partial charge in [-0.25, -0.2) is 9.97 Å². The van der Waals surface area contributed by atoms with Crippen molar-refractivity contribution in [1.82, 2.24) is 20.2 Å². The van der Waals surface area contributed by atoms with E-state index in [4.69, 9.17) is 9.72 Å². The maximum absolute atomic E-state index is 12.7. The Morgan fingerprint density at radius 1 is 1.36 bits per heavy atom. The van der Waals surface area contributed by atoms with Crippen molar-refractivity contribution in [1.29, 1.82) is 0 Å². The molecule has 0 bridgehead atoms. The van der Waals surface area contributed by atoms with Gasteiger partial charge >= 0.3 is 0 Å². The van der Waals surface area contributed by atoms with Crippen LogP contribution in [0.25, 0.3) is 0 Å². The monoisotopic (exact) mass is 380 g/mol. The zero-order chi connectivity index (χ0) is 19.3. The molecule has 1 aromatic heterocycles. The number of fused-ring (bicyclic) bond motifs is 1. The van der Waals surface area contributed by atoms with Gasteiger partial charge in [-0.05, 0) is 37.4 Å². The number of nitrogens with zero attached hydrogens (tertiary/aromatic N) is 3. The maximum atomic E-state index is 12.7. The van der Waals surface area contributed by atoms with Gasteiger partial charge in [0.05, 0.1) is 12.8 Å². The van der Waals surface area contributed by atoms with Crippen LogP contribution in [0.3, 0.4) is 0 Å². The predicted octanol–water partition coefficient (Wildman–Crippen LogP) is 2.47. The third kappa shape index (κ3) is 4.17. The van der Waals surface area contributed by atoms with Crippen molar-refractivity contribution in [2.24, 2.45) is 0 Å². The summed E-state index contributed by atoms with van der Waals surface area (Å²) in [5, 5.41) is 3.43. The standard InChI is InChI=1S/C22H28N4O2/c1-28-20-7-3-2-5-16(20)8-9-21(27)26-12-10-19-18(15-26)14-24-22(25-19)17-6-4-11-23-13-17/h2-3,5,7,14,17,23H,4,6,8-13,15H2,1H3. The van der Waals surface area contributed by atoms with E-state index in [0.717, 1.165) is 60.9 Å². The molecule has 4 rings (SSSR count). The van der Waals surface area contributed by atoms with Crippen molar-refractivity contribution in [3.8, 4) is 5.75 Å². The lowest BCUT2D eigenvalue weighted by atomic mass is 9.98. The zero-order valence-electron chi connectivity index (χ0n) is 16.5. The van der Waals surface area contributed by atoms with Crippen molar-refractivity contribution in [3.05, 3.63) is 53.1 Å². The highest BCUT2D eigenvalue weighted by atomic mass is 16.5. The fraction of sp³-hybridized carbons (Fsp3) is 0.500. The summed E-state index contributed by atoms with van der Waals surface area (Å²) in [7, 11) is 1.67. The number of aryl methyl sites for hydroxylation is 1. The van der Waals surface area contributed by atoms with E-state index < -0.39 is 0 Å². The number of piperidine rings is 1. The molecule has 0 aliphatic carbocycles. The number of para-hydroxylation sites is 1. The molecule has 1 saturated heterocycles. The summed E-state index contributed by atoms with van der Waals surface area (Å²) in [6.07, 6.45) is 6.26. The van der Waals surface area contributed by atoms with Crippen LogP contribution >= 0.6 is 0 Å². The SMILES string of the molecule is COc1ccccc1CCC(=O)N1CCc2nc(C3CCCNC3)ncc2C1. The van der Waals surface area contributed by atoms with E-state index in [2.05, 4.69) is 10.3 Å². The first-order valence-electron chi connectivity index (χ1n) is 10.2. The third-order valence-electron chi connectivity index (χ3n) is 5.77. The van der Waals surface area contributed by atoms with Crippen molar-refractivity contribution >= 4 is 5.91 Å². The summed E-state index contributed by atoms with van der Waals surface area (Å²) >= 11 is 0. The van der Waals surface area contributed by atoms with Crippen LogP contribution in [0, 0.1) is 0 Å². The number of rotatable bonds is 5. The number of nitrogens with one attached hydrogen (secondary N) is 1. The van der Waals surface area contributed by atoms with Gasteiger partial charge in [0.2, 0.25) is 5.91 Å². The van der Waals surface area contributed by atoms with E-state index in [0.29, 0.717) is 25.3 Å². The summed E-state index contributed by atoms with van der Waals surface area (Å²) in [6.45, 7) is 3.40. The summed E-state index contributed by atoms with van der Waals surface area (Å²) in [6, 6.07) is 7.89. The molecule has 148 valence electrons. The van der Waals surface area contributed by atoms with E-state index in [-0.39, 0.29) is 5.91 Å². The van der Waals surface area contributed by atoms with Gasteiger partial charge in [-0.1, -0.05) is 18.2 Å². The van der Waals surface area contributed by atoms with Crippen LogP contribution in [0.4, 0.5) is 0 Å². The molecule has 6 nitrogen and oxygen atoms in total. The van der Waals surface area contributed by atoms with E-state index >= 15 is 0 Å². The number of methoxy groups -OCH3 is 1. The molecule has 2 aliphatic rings. The molecule has 1 fully saturated rings. The van der Waals surface area contributed by atoms with E-state index in [1.807, 2.05) is 35.4 Å². The van der Waals surface area contributed by atoms with Gasteiger partial charge in [-0.15, -0.1) is 0 Å². The highest BCUT2D eigenvalue weighted by Crippen LogP contribution is 2.24. The molecule has 0 saturated carbocycles. The second-order valence-electron chi connectivity index (χ2n) is 7.62. The minimum absolute atomic E-state index is 0.178. The summed E-state index contributed by atoms with van der Waals surface area (Å²) in [4.78, 5) is 24.1. The summed E-state index contributed by atoms with van der Waals surface area (Å²) in [5.41, 5.74) is 3.28. The normalized spacial score (nSPS) is 19.2. The second kappa shape index (κ2) is 8.69. The minimum Gasteiger partial charge on any atom is -0.496 e. The number of carbonyl (C=O) groups is 1. The first-order chi connectivity index (χ1) is 13.7. The van der Waals surface area contributed by atoms with Crippen LogP contribution in [0.5, 0.6) is 5.75 Å². The van der Waals surface area contributed by atoms with Gasteiger partial charge in [0, 0.05) is 50.2 Å². The van der Waals surface area contributed by atoms with Crippen LogP contribution in [-0.4, -0.2) is 47.5 Å². The average molecular weight is 380 g/mol. The highest BCUT2D eigenvalue weighted by molar-refractivity contribution is 5.76. The zero-order valence-corrected chi connectivity index (χ0v) is 16.5. The van der Waals surface area contributed by atoms with Crippen molar-refractivity contribution in [2.75, 3.05) is 26.7 Å². The third-order valence-corrected chi connectivity index (χ3v) is 5.77. The smallest absolute Gasteiger partial charge is 0.223 e. The lowest BCUT2D eigenvalue weighted by molar-refractivity contribution is -0.132. The average Bonchev–Trinajstić information content (AvgIpc) is 2.77. The Kier molecular flexibility index (Phi) is 5.86. The topological polar surface area (TPSA) is 67.3 Å². The van der Waals surface area contributed by atoms with Crippen LogP contribution < -0.4 is 10.1 Å². The number of aromatic nitrogens is 2. The Labute approximate surface area is 166 Å². The molecule has 3 heterocycles. The maximum Gasteiger partial charge on any atom is 0.223 e. The van der Waals surface area contributed by atoms with Crippen molar-refractivity contribution < 1.29 is 9.53 Å². The molecule has 1 N–H and O–H groups in total. The van der Waals surface area contributed by atoms with E-state index in [1.165, 1.54) is 6.42 Å². The molecule has 28 heavy (non-hydrogen) atoms. The van der Waals surface area contributed by atoms with Gasteiger partial charge in [0.1, 0.15) is 11.6 Å². The number of benzene rings is 1. The van der Waals surface area contributed by atoms with E-state index in [9.17, 15) is 4.79 Å². The number of hydrogen-bond donors (Lipinski definition) is 1. The minimum atomic E-state index is 0.178. The summed E-state index contributed by atoms with van der Waals surface area (Å²) < 4.78 is 5.38. The van der Waals surface area contributed by atoms with Gasteiger partial charge < -0.3 is 15.0 Å². The van der Waals surface area contributed by atoms with Gasteiger partial charge in [-0.2, -0.15) is 0 Å². The molecule has 1 atom stereocenters. The molecule has 0 radical (unpaired) electrons. The van der Waals surface area contributed by atoms with Crippen LogP contribution in [0.2, 0.25) is 0 Å². The molecular formula is C22H28N4O2. The lowest BCUT2D eigenvalue weighted by Crippen LogP contribution is -2.37. The summed E-state index contributed by atoms with van der Waals surface area (Å²) in [5.74, 6) is 2.40. The van der Waals surface area contributed by atoms with E-state index in [1.54, 1.807) is 7.11 Å². The number of ether oxygens (including phenoxy) is 1.